The maximum atomic E-state index is 12.7. The van der Waals surface area contributed by atoms with Crippen molar-refractivity contribution in [3.05, 3.63) is 52.9 Å². The summed E-state index contributed by atoms with van der Waals surface area (Å²) in [6, 6.07) is 10.9. The van der Waals surface area contributed by atoms with Crippen LogP contribution < -0.4 is 26.1 Å². The Hall–Kier alpha value is -3.85. The van der Waals surface area contributed by atoms with Crippen molar-refractivity contribution >= 4 is 39.1 Å². The lowest BCUT2D eigenvalue weighted by molar-refractivity contribution is 0.230. The average Bonchev–Trinajstić information content (AvgIpc) is 3.37. The zero-order valence-corrected chi connectivity index (χ0v) is 19.4. The fourth-order valence-electron chi connectivity index (χ4n) is 4.40. The molecule has 1 saturated heterocycles. The number of nitrogen functional groups attached to an aromatic ring is 1. The van der Waals surface area contributed by atoms with Gasteiger partial charge in [-0.15, -0.1) is 0 Å². The van der Waals surface area contributed by atoms with Crippen LogP contribution in [0.25, 0.3) is 21.8 Å². The highest BCUT2D eigenvalue weighted by Gasteiger charge is 2.14. The van der Waals surface area contributed by atoms with E-state index in [-0.39, 0.29) is 5.56 Å². The summed E-state index contributed by atoms with van der Waals surface area (Å²) in [5.41, 5.74) is 8.38. The van der Waals surface area contributed by atoms with Gasteiger partial charge in [-0.05, 0) is 56.3 Å². The Morgan fingerprint density at radius 1 is 1.09 bits per heavy atom. The zero-order valence-electron chi connectivity index (χ0n) is 19.4. The van der Waals surface area contributed by atoms with Crippen LogP contribution in [0.4, 0.5) is 17.3 Å². The van der Waals surface area contributed by atoms with Gasteiger partial charge in [0, 0.05) is 36.4 Å². The molecule has 5 rings (SSSR count). The number of nitrogens with two attached hydrogens (primary N) is 1. The number of benzene rings is 2. The van der Waals surface area contributed by atoms with Crippen LogP contribution in [0.1, 0.15) is 12.8 Å². The third-order valence-electron chi connectivity index (χ3n) is 6.25. The fraction of sp³-hybridized carbons (Fsp3) is 0.320. The van der Waals surface area contributed by atoms with Crippen molar-refractivity contribution in [2.45, 2.75) is 12.8 Å². The number of rotatable bonds is 7. The number of ether oxygens (including phenoxy) is 2. The van der Waals surface area contributed by atoms with E-state index in [9.17, 15) is 4.79 Å². The molecule has 0 amide bonds. The van der Waals surface area contributed by atoms with Crippen molar-refractivity contribution in [3.63, 3.8) is 0 Å². The number of methoxy groups -OCH3 is 1. The first-order valence-electron chi connectivity index (χ1n) is 11.4. The van der Waals surface area contributed by atoms with Gasteiger partial charge in [0.1, 0.15) is 12.1 Å². The lowest BCUT2D eigenvalue weighted by Crippen LogP contribution is -2.25. The van der Waals surface area contributed by atoms with Crippen molar-refractivity contribution in [3.8, 4) is 11.5 Å². The second-order valence-electron chi connectivity index (χ2n) is 8.48. The Bertz CT molecular complexity index is 1410. The van der Waals surface area contributed by atoms with Gasteiger partial charge in [0.15, 0.2) is 11.5 Å². The van der Waals surface area contributed by atoms with Crippen molar-refractivity contribution in [1.82, 2.24) is 19.4 Å². The number of likely N-dealkylation sites (tertiary alicyclic amines) is 1. The fourth-order valence-corrected chi connectivity index (χ4v) is 4.40. The molecule has 0 saturated carbocycles. The minimum absolute atomic E-state index is 0.135. The highest BCUT2D eigenvalue weighted by molar-refractivity contribution is 6.04. The summed E-state index contributed by atoms with van der Waals surface area (Å²) in [4.78, 5) is 24.3. The van der Waals surface area contributed by atoms with Gasteiger partial charge in [-0.1, -0.05) is 0 Å². The number of pyridine rings is 1. The summed E-state index contributed by atoms with van der Waals surface area (Å²) in [6.45, 7) is 3.82. The van der Waals surface area contributed by atoms with Crippen LogP contribution in [0.15, 0.2) is 47.4 Å². The number of hydrogen-bond acceptors (Lipinski definition) is 8. The Labute approximate surface area is 197 Å². The molecule has 0 bridgehead atoms. The standard InChI is InChI=1S/C25H28N6O3/c1-30-20-15-27-25(29-23(20)18-7-5-16(26)13-19(18)24(30)32)28-17-6-8-21(22(14-17)33-2)34-12-11-31-9-3-4-10-31/h5-8,13-15H,3-4,9-12,26H2,1-2H3,(H,27,28,29). The summed E-state index contributed by atoms with van der Waals surface area (Å²) >= 11 is 0. The Balaban J connectivity index is 1.40. The third kappa shape index (κ3) is 4.22. The van der Waals surface area contributed by atoms with E-state index in [4.69, 9.17) is 20.2 Å². The maximum absolute atomic E-state index is 12.7. The van der Waals surface area contributed by atoms with E-state index >= 15 is 0 Å². The van der Waals surface area contributed by atoms with Gasteiger partial charge in [-0.2, -0.15) is 0 Å². The summed E-state index contributed by atoms with van der Waals surface area (Å²) in [7, 11) is 3.33. The zero-order chi connectivity index (χ0) is 23.7. The van der Waals surface area contributed by atoms with E-state index in [0.717, 1.165) is 30.7 Å². The lowest BCUT2D eigenvalue weighted by Gasteiger charge is -2.17. The first kappa shape index (κ1) is 22.0. The van der Waals surface area contributed by atoms with Gasteiger partial charge in [-0.25, -0.2) is 9.97 Å². The predicted octanol–water partition coefficient (Wildman–Crippen LogP) is 3.29. The predicted molar refractivity (Wildman–Crippen MR) is 134 cm³/mol. The summed E-state index contributed by atoms with van der Waals surface area (Å²) < 4.78 is 13.1. The molecule has 176 valence electrons. The highest BCUT2D eigenvalue weighted by atomic mass is 16.5. The van der Waals surface area contributed by atoms with Crippen molar-refractivity contribution in [2.75, 3.05) is 44.4 Å². The first-order valence-corrected chi connectivity index (χ1v) is 11.4. The molecule has 1 fully saturated rings. The van der Waals surface area contributed by atoms with Crippen molar-refractivity contribution in [1.29, 1.82) is 0 Å². The van der Waals surface area contributed by atoms with Gasteiger partial charge < -0.3 is 25.1 Å². The quantitative estimate of drug-likeness (QED) is 0.320. The number of anilines is 3. The molecule has 0 spiro atoms. The van der Waals surface area contributed by atoms with Gasteiger partial charge >= 0.3 is 0 Å². The molecular weight excluding hydrogens is 432 g/mol. The van der Waals surface area contributed by atoms with Crippen LogP contribution in [-0.2, 0) is 7.05 Å². The molecular formula is C25H28N6O3. The minimum atomic E-state index is -0.135. The molecule has 1 aliphatic rings. The number of aromatic nitrogens is 3. The normalized spacial score (nSPS) is 14.1. The van der Waals surface area contributed by atoms with Crippen LogP contribution >= 0.6 is 0 Å². The maximum Gasteiger partial charge on any atom is 0.258 e. The molecule has 2 aromatic heterocycles. The molecule has 2 aromatic carbocycles. The van der Waals surface area contributed by atoms with Gasteiger partial charge in [-0.3, -0.25) is 9.69 Å². The van der Waals surface area contributed by atoms with Gasteiger partial charge in [0.05, 0.1) is 24.2 Å². The van der Waals surface area contributed by atoms with E-state index < -0.39 is 0 Å². The third-order valence-corrected chi connectivity index (χ3v) is 6.25. The number of aryl methyl sites for hydroxylation is 1. The number of fused-ring (bicyclic) bond motifs is 3. The Kier molecular flexibility index (Phi) is 5.93. The van der Waals surface area contributed by atoms with Crippen LogP contribution in [0, 0.1) is 0 Å². The molecule has 4 aromatic rings. The summed E-state index contributed by atoms with van der Waals surface area (Å²) in [5, 5.41) is 4.49. The lowest BCUT2D eigenvalue weighted by atomic mass is 10.1. The van der Waals surface area contributed by atoms with Crippen molar-refractivity contribution < 1.29 is 9.47 Å². The molecule has 0 unspecified atom stereocenters. The molecule has 0 atom stereocenters. The van der Waals surface area contributed by atoms with Crippen LogP contribution in [-0.4, -0.2) is 52.8 Å². The molecule has 34 heavy (non-hydrogen) atoms. The Morgan fingerprint density at radius 3 is 2.71 bits per heavy atom. The first-order chi connectivity index (χ1) is 16.5. The minimum Gasteiger partial charge on any atom is -0.493 e. The molecule has 0 aliphatic carbocycles. The second-order valence-corrected chi connectivity index (χ2v) is 8.48. The van der Waals surface area contributed by atoms with Crippen LogP contribution in [0.2, 0.25) is 0 Å². The molecule has 3 N–H and O–H groups in total. The van der Waals surface area contributed by atoms with Crippen LogP contribution in [0.5, 0.6) is 11.5 Å². The monoisotopic (exact) mass is 460 g/mol. The highest BCUT2D eigenvalue weighted by Crippen LogP contribution is 2.31. The Morgan fingerprint density at radius 2 is 1.91 bits per heavy atom. The van der Waals surface area contributed by atoms with Gasteiger partial charge in [0.2, 0.25) is 5.95 Å². The van der Waals surface area contributed by atoms with E-state index in [0.29, 0.717) is 46.2 Å². The van der Waals surface area contributed by atoms with E-state index in [1.807, 2.05) is 24.3 Å². The molecule has 3 heterocycles. The van der Waals surface area contributed by atoms with Gasteiger partial charge in [0.25, 0.3) is 5.56 Å². The largest absolute Gasteiger partial charge is 0.493 e. The van der Waals surface area contributed by atoms with E-state index in [2.05, 4.69) is 15.2 Å². The number of nitrogens with zero attached hydrogens (tertiary/aromatic N) is 4. The molecule has 9 heteroatoms. The molecule has 1 aliphatic heterocycles. The SMILES string of the molecule is COc1cc(Nc2ncc3c(n2)c2ccc(N)cc2c(=O)n3C)ccc1OCCN1CCCC1. The summed E-state index contributed by atoms with van der Waals surface area (Å²) in [5.74, 6) is 1.75. The number of nitrogens with one attached hydrogen (secondary N) is 1. The average molecular weight is 461 g/mol. The smallest absolute Gasteiger partial charge is 0.258 e. The molecule has 9 nitrogen and oxygen atoms in total. The second kappa shape index (κ2) is 9.18. The van der Waals surface area contributed by atoms with Crippen molar-refractivity contribution in [2.24, 2.45) is 7.05 Å². The summed E-state index contributed by atoms with van der Waals surface area (Å²) in [6.07, 6.45) is 4.18. The molecule has 0 radical (unpaired) electrons. The van der Waals surface area contributed by atoms with Crippen LogP contribution in [0.3, 0.4) is 0 Å². The number of hydrogen-bond donors (Lipinski definition) is 2. The topological polar surface area (TPSA) is 108 Å². The van der Waals surface area contributed by atoms with E-state index in [1.54, 1.807) is 32.5 Å². The van der Waals surface area contributed by atoms with E-state index in [1.165, 1.54) is 17.4 Å².